The van der Waals surface area contributed by atoms with Crippen LogP contribution in [0.4, 0.5) is 11.5 Å². The van der Waals surface area contributed by atoms with E-state index in [1.807, 2.05) is 0 Å². The highest BCUT2D eigenvalue weighted by Gasteiger charge is 2.19. The van der Waals surface area contributed by atoms with Gasteiger partial charge in [-0.25, -0.2) is 9.78 Å². The van der Waals surface area contributed by atoms with Gasteiger partial charge in [-0.3, -0.25) is 0 Å². The Morgan fingerprint density at radius 2 is 2.05 bits per heavy atom. The van der Waals surface area contributed by atoms with Crippen LogP contribution in [0.2, 0.25) is 0 Å². The molecule has 0 unspecified atom stereocenters. The van der Waals surface area contributed by atoms with E-state index in [1.165, 1.54) is 12.8 Å². The lowest BCUT2D eigenvalue weighted by atomic mass is 10.2. The van der Waals surface area contributed by atoms with Crippen molar-refractivity contribution in [3.8, 4) is 0 Å². The van der Waals surface area contributed by atoms with Gasteiger partial charge in [0.15, 0.2) is 0 Å². The molecule has 19 heavy (non-hydrogen) atoms. The average molecular weight is 263 g/mol. The first-order chi connectivity index (χ1) is 9.22. The second-order valence-corrected chi connectivity index (χ2v) is 4.75. The third-order valence-electron chi connectivity index (χ3n) is 3.35. The van der Waals surface area contributed by atoms with Crippen molar-refractivity contribution in [2.75, 3.05) is 30.3 Å². The number of nitrogens with zero attached hydrogens (tertiary/aromatic N) is 2. The van der Waals surface area contributed by atoms with Gasteiger partial charge in [0.25, 0.3) is 0 Å². The van der Waals surface area contributed by atoms with Gasteiger partial charge in [-0.05, 0) is 25.8 Å². The molecule has 1 aromatic heterocycles. The Hall–Kier alpha value is -1.78. The number of ether oxygens (including phenoxy) is 1. The zero-order valence-electron chi connectivity index (χ0n) is 11.4. The first kappa shape index (κ1) is 13.6. The molecule has 1 aromatic rings. The van der Waals surface area contributed by atoms with Gasteiger partial charge in [-0.1, -0.05) is 12.8 Å². The van der Waals surface area contributed by atoms with Gasteiger partial charge in [0, 0.05) is 13.1 Å². The normalized spacial score (nSPS) is 15.9. The first-order valence-corrected chi connectivity index (χ1v) is 6.90. The van der Waals surface area contributed by atoms with Gasteiger partial charge >= 0.3 is 5.97 Å². The summed E-state index contributed by atoms with van der Waals surface area (Å²) in [4.78, 5) is 18.3. The zero-order valence-corrected chi connectivity index (χ0v) is 11.4. The number of pyridine rings is 1. The predicted octanol–water partition coefficient (Wildman–Crippen LogP) is 2.22. The SMILES string of the molecule is CCOC(=O)c1cc(N)ncc1N1CCCCCC1. The smallest absolute Gasteiger partial charge is 0.340 e. The standard InChI is InChI=1S/C14H21N3O2/c1-2-19-14(18)11-9-13(15)16-10-12(11)17-7-5-3-4-6-8-17/h9-10H,2-8H2,1H3,(H2,15,16). The molecule has 0 radical (unpaired) electrons. The molecule has 0 amide bonds. The Kier molecular flexibility index (Phi) is 4.60. The number of anilines is 2. The predicted molar refractivity (Wildman–Crippen MR) is 75.3 cm³/mol. The fraction of sp³-hybridized carbons (Fsp3) is 0.571. The van der Waals surface area contributed by atoms with E-state index in [9.17, 15) is 4.79 Å². The molecule has 1 aliphatic rings. The number of nitrogen functional groups attached to an aromatic ring is 1. The molecule has 1 fully saturated rings. The van der Waals surface area contributed by atoms with E-state index in [4.69, 9.17) is 10.5 Å². The summed E-state index contributed by atoms with van der Waals surface area (Å²) in [6.45, 7) is 4.07. The summed E-state index contributed by atoms with van der Waals surface area (Å²) in [5, 5.41) is 0. The molecular formula is C14H21N3O2. The van der Waals surface area contributed by atoms with E-state index < -0.39 is 0 Å². The number of esters is 1. The van der Waals surface area contributed by atoms with Crippen molar-refractivity contribution in [1.29, 1.82) is 0 Å². The van der Waals surface area contributed by atoms with Crippen molar-refractivity contribution in [3.05, 3.63) is 17.8 Å². The van der Waals surface area contributed by atoms with Gasteiger partial charge in [0.05, 0.1) is 24.1 Å². The maximum Gasteiger partial charge on any atom is 0.340 e. The Morgan fingerprint density at radius 3 is 2.68 bits per heavy atom. The molecule has 0 saturated carbocycles. The zero-order chi connectivity index (χ0) is 13.7. The molecule has 104 valence electrons. The number of hydrogen-bond donors (Lipinski definition) is 1. The second kappa shape index (κ2) is 6.41. The molecule has 2 N–H and O–H groups in total. The van der Waals surface area contributed by atoms with Crippen LogP contribution in [0.3, 0.4) is 0 Å². The Balaban J connectivity index is 2.29. The van der Waals surface area contributed by atoms with E-state index in [2.05, 4.69) is 9.88 Å². The van der Waals surface area contributed by atoms with E-state index >= 15 is 0 Å². The van der Waals surface area contributed by atoms with Gasteiger partial charge < -0.3 is 15.4 Å². The summed E-state index contributed by atoms with van der Waals surface area (Å²) in [5.74, 6) is 0.0254. The molecule has 5 nitrogen and oxygen atoms in total. The molecule has 0 aromatic carbocycles. The third-order valence-corrected chi connectivity index (χ3v) is 3.35. The molecule has 2 heterocycles. The third kappa shape index (κ3) is 3.36. The minimum atomic E-state index is -0.323. The van der Waals surface area contributed by atoms with Crippen molar-refractivity contribution in [1.82, 2.24) is 4.98 Å². The minimum absolute atomic E-state index is 0.323. The van der Waals surface area contributed by atoms with Crippen molar-refractivity contribution in [2.45, 2.75) is 32.6 Å². The summed E-state index contributed by atoms with van der Waals surface area (Å²) in [5.41, 5.74) is 7.05. The number of aromatic nitrogens is 1. The van der Waals surface area contributed by atoms with Crippen molar-refractivity contribution in [3.63, 3.8) is 0 Å². The topological polar surface area (TPSA) is 68.5 Å². The van der Waals surface area contributed by atoms with Gasteiger partial charge in [0.1, 0.15) is 5.82 Å². The Labute approximate surface area is 113 Å². The second-order valence-electron chi connectivity index (χ2n) is 4.75. The van der Waals surface area contributed by atoms with Crippen LogP contribution in [0.5, 0.6) is 0 Å². The first-order valence-electron chi connectivity index (χ1n) is 6.90. The average Bonchev–Trinajstić information content (AvgIpc) is 2.68. The lowest BCUT2D eigenvalue weighted by Gasteiger charge is -2.24. The number of carbonyl (C=O) groups is 1. The lowest BCUT2D eigenvalue weighted by Crippen LogP contribution is -2.26. The highest BCUT2D eigenvalue weighted by Crippen LogP contribution is 2.25. The minimum Gasteiger partial charge on any atom is -0.462 e. The maximum atomic E-state index is 12.0. The summed E-state index contributed by atoms with van der Waals surface area (Å²) in [7, 11) is 0. The monoisotopic (exact) mass is 263 g/mol. The molecule has 5 heteroatoms. The number of hydrogen-bond acceptors (Lipinski definition) is 5. The number of rotatable bonds is 3. The fourth-order valence-electron chi connectivity index (χ4n) is 2.40. The van der Waals surface area contributed by atoms with Crippen LogP contribution in [0.15, 0.2) is 12.3 Å². The summed E-state index contributed by atoms with van der Waals surface area (Å²) in [6, 6.07) is 1.61. The Morgan fingerprint density at radius 1 is 1.37 bits per heavy atom. The molecule has 1 saturated heterocycles. The molecule has 0 atom stereocenters. The Bertz CT molecular complexity index is 440. The highest BCUT2D eigenvalue weighted by molar-refractivity contribution is 5.96. The van der Waals surface area contributed by atoms with Crippen LogP contribution in [0.25, 0.3) is 0 Å². The van der Waals surface area contributed by atoms with E-state index in [1.54, 1.807) is 19.2 Å². The van der Waals surface area contributed by atoms with Crippen LogP contribution in [-0.2, 0) is 4.74 Å². The molecule has 0 spiro atoms. The molecule has 0 aliphatic carbocycles. The quantitative estimate of drug-likeness (QED) is 0.847. The van der Waals surface area contributed by atoms with Crippen molar-refractivity contribution >= 4 is 17.5 Å². The number of nitrogens with two attached hydrogens (primary N) is 1. The van der Waals surface area contributed by atoms with Gasteiger partial charge in [0.2, 0.25) is 0 Å². The van der Waals surface area contributed by atoms with Crippen LogP contribution in [-0.4, -0.2) is 30.6 Å². The van der Waals surface area contributed by atoms with Crippen molar-refractivity contribution < 1.29 is 9.53 Å². The number of carbonyl (C=O) groups excluding carboxylic acids is 1. The summed E-state index contributed by atoms with van der Waals surface area (Å²) in [6.07, 6.45) is 6.47. The highest BCUT2D eigenvalue weighted by atomic mass is 16.5. The lowest BCUT2D eigenvalue weighted by molar-refractivity contribution is 0.0527. The fourth-order valence-corrected chi connectivity index (χ4v) is 2.40. The van der Waals surface area contributed by atoms with Crippen LogP contribution < -0.4 is 10.6 Å². The van der Waals surface area contributed by atoms with Crippen LogP contribution in [0, 0.1) is 0 Å². The molecule has 0 bridgehead atoms. The maximum absolute atomic E-state index is 12.0. The van der Waals surface area contributed by atoms with Crippen LogP contribution >= 0.6 is 0 Å². The molecule has 2 rings (SSSR count). The van der Waals surface area contributed by atoms with Gasteiger partial charge in [-0.2, -0.15) is 0 Å². The van der Waals surface area contributed by atoms with Crippen molar-refractivity contribution in [2.24, 2.45) is 0 Å². The van der Waals surface area contributed by atoms with E-state index in [-0.39, 0.29) is 5.97 Å². The largest absolute Gasteiger partial charge is 0.462 e. The van der Waals surface area contributed by atoms with Gasteiger partial charge in [-0.15, -0.1) is 0 Å². The van der Waals surface area contributed by atoms with E-state index in [0.717, 1.165) is 31.6 Å². The van der Waals surface area contributed by atoms with E-state index in [0.29, 0.717) is 18.0 Å². The summed E-state index contributed by atoms with van der Waals surface area (Å²) < 4.78 is 5.10. The molecule has 1 aliphatic heterocycles. The molecular weight excluding hydrogens is 242 g/mol. The summed E-state index contributed by atoms with van der Waals surface area (Å²) >= 11 is 0. The van der Waals surface area contributed by atoms with Crippen LogP contribution in [0.1, 0.15) is 43.0 Å².